The predicted octanol–water partition coefficient (Wildman–Crippen LogP) is 1.80. The number of hydrogen-bond acceptors (Lipinski definition) is 4. The van der Waals surface area contributed by atoms with Crippen molar-refractivity contribution in [1.82, 2.24) is 10.3 Å². The number of anilines is 1. The second-order valence-corrected chi connectivity index (χ2v) is 3.47. The van der Waals surface area contributed by atoms with Crippen molar-refractivity contribution in [2.24, 2.45) is 0 Å². The second kappa shape index (κ2) is 6.24. The first-order chi connectivity index (χ1) is 7.27. The van der Waals surface area contributed by atoms with Gasteiger partial charge in [-0.25, -0.2) is 0 Å². The molecule has 1 aromatic rings. The molecule has 1 N–H and O–H groups in total. The van der Waals surface area contributed by atoms with Crippen molar-refractivity contribution >= 4 is 6.01 Å². The average Bonchev–Trinajstić information content (AvgIpc) is 2.67. The van der Waals surface area contributed by atoms with Crippen LogP contribution in [0, 0.1) is 0 Å². The Morgan fingerprint density at radius 3 is 3.13 bits per heavy atom. The summed E-state index contributed by atoms with van der Waals surface area (Å²) in [5.41, 5.74) is 0.939. The van der Waals surface area contributed by atoms with Crippen LogP contribution in [0.5, 0.6) is 0 Å². The van der Waals surface area contributed by atoms with Crippen LogP contribution in [-0.2, 0) is 6.54 Å². The number of hydrogen-bond donors (Lipinski definition) is 1. The molecule has 0 aromatic carbocycles. The van der Waals surface area contributed by atoms with E-state index in [9.17, 15) is 0 Å². The highest BCUT2D eigenvalue weighted by Crippen LogP contribution is 2.11. The van der Waals surface area contributed by atoms with Crippen molar-refractivity contribution in [3.8, 4) is 0 Å². The Hall–Kier alpha value is -1.29. The van der Waals surface area contributed by atoms with Gasteiger partial charge in [-0.1, -0.05) is 13.0 Å². The molecule has 0 bridgehead atoms. The van der Waals surface area contributed by atoms with Gasteiger partial charge in [0.2, 0.25) is 0 Å². The smallest absolute Gasteiger partial charge is 0.297 e. The standard InChI is InChI=1S/C11H19N3O/c1-4-6-12-8-10-9-15-11(13-10)14(3)7-5-2/h5,9,12H,2,4,6-8H2,1,3H3. The number of nitrogens with zero attached hydrogens (tertiary/aromatic N) is 2. The van der Waals surface area contributed by atoms with Crippen LogP contribution in [-0.4, -0.2) is 25.1 Å². The van der Waals surface area contributed by atoms with Gasteiger partial charge in [-0.2, -0.15) is 4.98 Å². The van der Waals surface area contributed by atoms with Crippen LogP contribution in [0.1, 0.15) is 19.0 Å². The summed E-state index contributed by atoms with van der Waals surface area (Å²) in [6, 6.07) is 0.642. The second-order valence-electron chi connectivity index (χ2n) is 3.47. The Labute approximate surface area is 91.0 Å². The molecule has 1 aromatic heterocycles. The van der Waals surface area contributed by atoms with Crippen LogP contribution in [0.25, 0.3) is 0 Å². The fourth-order valence-electron chi connectivity index (χ4n) is 1.22. The molecule has 84 valence electrons. The molecule has 1 rings (SSSR count). The van der Waals surface area contributed by atoms with Crippen molar-refractivity contribution < 1.29 is 4.42 Å². The van der Waals surface area contributed by atoms with Gasteiger partial charge in [-0.3, -0.25) is 0 Å². The highest BCUT2D eigenvalue weighted by Gasteiger charge is 2.06. The van der Waals surface area contributed by atoms with Gasteiger partial charge in [0.05, 0.1) is 5.69 Å². The van der Waals surface area contributed by atoms with Gasteiger partial charge in [-0.05, 0) is 13.0 Å². The molecule has 0 amide bonds. The quantitative estimate of drug-likeness (QED) is 0.549. The third kappa shape index (κ3) is 3.75. The van der Waals surface area contributed by atoms with Crippen LogP contribution >= 0.6 is 0 Å². The van der Waals surface area contributed by atoms with E-state index in [1.54, 1.807) is 6.26 Å². The third-order valence-electron chi connectivity index (χ3n) is 2.00. The van der Waals surface area contributed by atoms with Crippen molar-refractivity contribution in [3.63, 3.8) is 0 Å². The Bertz CT molecular complexity index is 296. The maximum Gasteiger partial charge on any atom is 0.297 e. The zero-order valence-electron chi connectivity index (χ0n) is 9.49. The minimum Gasteiger partial charge on any atom is -0.432 e. The lowest BCUT2D eigenvalue weighted by atomic mass is 10.4. The predicted molar refractivity (Wildman–Crippen MR) is 62.0 cm³/mol. The third-order valence-corrected chi connectivity index (χ3v) is 2.00. The van der Waals surface area contributed by atoms with Gasteiger partial charge >= 0.3 is 0 Å². The summed E-state index contributed by atoms with van der Waals surface area (Å²) in [4.78, 5) is 6.26. The van der Waals surface area contributed by atoms with Crippen LogP contribution in [0.15, 0.2) is 23.3 Å². The van der Waals surface area contributed by atoms with Gasteiger partial charge in [0.1, 0.15) is 6.26 Å². The number of nitrogens with one attached hydrogen (secondary N) is 1. The molecule has 0 unspecified atom stereocenters. The summed E-state index contributed by atoms with van der Waals surface area (Å²) in [5, 5.41) is 3.27. The van der Waals surface area contributed by atoms with E-state index in [1.807, 2.05) is 18.0 Å². The summed E-state index contributed by atoms with van der Waals surface area (Å²) in [5.74, 6) is 0. The first-order valence-corrected chi connectivity index (χ1v) is 5.25. The summed E-state index contributed by atoms with van der Waals surface area (Å²) < 4.78 is 5.34. The maximum absolute atomic E-state index is 5.34. The molecule has 4 nitrogen and oxygen atoms in total. The number of rotatable bonds is 7. The number of likely N-dealkylation sites (N-methyl/N-ethyl adjacent to an activating group) is 1. The Morgan fingerprint density at radius 2 is 2.47 bits per heavy atom. The molecule has 0 atom stereocenters. The SMILES string of the molecule is C=CCN(C)c1nc(CNCCC)co1. The Kier molecular flexibility index (Phi) is 4.90. The molecule has 0 aliphatic carbocycles. The lowest BCUT2D eigenvalue weighted by Crippen LogP contribution is -2.17. The van der Waals surface area contributed by atoms with E-state index in [-0.39, 0.29) is 0 Å². The molecule has 0 saturated heterocycles. The van der Waals surface area contributed by atoms with E-state index in [4.69, 9.17) is 4.42 Å². The first kappa shape index (κ1) is 11.8. The van der Waals surface area contributed by atoms with Crippen LogP contribution < -0.4 is 10.2 Å². The molecule has 15 heavy (non-hydrogen) atoms. The lowest BCUT2D eigenvalue weighted by molar-refractivity contribution is 0.549. The molecule has 0 spiro atoms. The van der Waals surface area contributed by atoms with E-state index in [2.05, 4.69) is 23.8 Å². The topological polar surface area (TPSA) is 41.3 Å². The normalized spacial score (nSPS) is 10.3. The molecule has 0 radical (unpaired) electrons. The van der Waals surface area contributed by atoms with E-state index in [1.165, 1.54) is 0 Å². The minimum atomic E-state index is 0.642. The highest BCUT2D eigenvalue weighted by atomic mass is 16.4. The van der Waals surface area contributed by atoms with Crippen molar-refractivity contribution in [3.05, 3.63) is 24.6 Å². The minimum absolute atomic E-state index is 0.642. The van der Waals surface area contributed by atoms with Crippen LogP contribution in [0.2, 0.25) is 0 Å². The summed E-state index contributed by atoms with van der Waals surface area (Å²) in [6.45, 7) is 8.31. The summed E-state index contributed by atoms with van der Waals surface area (Å²) in [6.07, 6.45) is 4.64. The van der Waals surface area contributed by atoms with E-state index in [0.29, 0.717) is 6.01 Å². The van der Waals surface area contributed by atoms with Crippen LogP contribution in [0.3, 0.4) is 0 Å². The molecule has 0 aliphatic rings. The Balaban J connectivity index is 2.44. The van der Waals surface area contributed by atoms with Gasteiger partial charge in [0.25, 0.3) is 6.01 Å². The van der Waals surface area contributed by atoms with E-state index < -0.39 is 0 Å². The summed E-state index contributed by atoms with van der Waals surface area (Å²) in [7, 11) is 1.93. The van der Waals surface area contributed by atoms with Crippen LogP contribution in [0.4, 0.5) is 6.01 Å². The fourth-order valence-corrected chi connectivity index (χ4v) is 1.22. The molecule has 0 fully saturated rings. The monoisotopic (exact) mass is 209 g/mol. The lowest BCUT2D eigenvalue weighted by Gasteiger charge is -2.10. The zero-order chi connectivity index (χ0) is 11.1. The fraction of sp³-hybridized carbons (Fsp3) is 0.545. The molecule has 4 heteroatoms. The van der Waals surface area contributed by atoms with Gasteiger partial charge < -0.3 is 14.6 Å². The van der Waals surface area contributed by atoms with Gasteiger partial charge in [-0.15, -0.1) is 6.58 Å². The zero-order valence-corrected chi connectivity index (χ0v) is 9.49. The molecule has 0 saturated carbocycles. The molecule has 1 heterocycles. The van der Waals surface area contributed by atoms with Gasteiger partial charge in [0.15, 0.2) is 0 Å². The largest absolute Gasteiger partial charge is 0.432 e. The van der Waals surface area contributed by atoms with Gasteiger partial charge in [0, 0.05) is 20.1 Å². The van der Waals surface area contributed by atoms with E-state index in [0.717, 1.165) is 31.7 Å². The average molecular weight is 209 g/mol. The van der Waals surface area contributed by atoms with Crippen molar-refractivity contribution in [1.29, 1.82) is 0 Å². The molecular formula is C11H19N3O. The maximum atomic E-state index is 5.34. The summed E-state index contributed by atoms with van der Waals surface area (Å²) >= 11 is 0. The molecular weight excluding hydrogens is 190 g/mol. The first-order valence-electron chi connectivity index (χ1n) is 5.25. The number of aromatic nitrogens is 1. The molecule has 0 aliphatic heterocycles. The van der Waals surface area contributed by atoms with Crippen molar-refractivity contribution in [2.45, 2.75) is 19.9 Å². The van der Waals surface area contributed by atoms with Crippen molar-refractivity contribution in [2.75, 3.05) is 25.0 Å². The highest BCUT2D eigenvalue weighted by molar-refractivity contribution is 5.26. The Morgan fingerprint density at radius 1 is 1.67 bits per heavy atom. The van der Waals surface area contributed by atoms with E-state index >= 15 is 0 Å². The number of oxazole rings is 1.